The minimum absolute atomic E-state index is 0.0197. The summed E-state index contributed by atoms with van der Waals surface area (Å²) in [5.74, 6) is -2.86. The van der Waals surface area contributed by atoms with Gasteiger partial charge in [-0.15, -0.1) is 13.2 Å². The molecule has 39 heavy (non-hydrogen) atoms. The number of benzene rings is 2. The van der Waals surface area contributed by atoms with Gasteiger partial charge in [-0.1, -0.05) is 30.5 Å². The molecule has 0 saturated heterocycles. The van der Waals surface area contributed by atoms with Crippen LogP contribution in [-0.4, -0.2) is 47.3 Å². The van der Waals surface area contributed by atoms with E-state index >= 15 is 0 Å². The smallest absolute Gasteiger partial charge is 0.480 e. The fraction of sp³-hybridized carbons (Fsp3) is 0.464. The molecule has 4 atom stereocenters. The van der Waals surface area contributed by atoms with Crippen LogP contribution in [0.4, 0.5) is 18.9 Å². The van der Waals surface area contributed by atoms with Gasteiger partial charge in [0.2, 0.25) is 0 Å². The average molecular weight is 565 g/mol. The zero-order chi connectivity index (χ0) is 27.9. The van der Waals surface area contributed by atoms with E-state index < -0.39 is 35.4 Å². The molecule has 208 valence electrons. The molecule has 0 aromatic heterocycles. The van der Waals surface area contributed by atoms with Crippen molar-refractivity contribution in [3.63, 3.8) is 0 Å². The van der Waals surface area contributed by atoms with Crippen LogP contribution in [0.3, 0.4) is 0 Å². The number of carboxylic acid groups (broad SMARTS) is 1. The summed E-state index contributed by atoms with van der Waals surface area (Å²) in [4.78, 5) is 40.4. The van der Waals surface area contributed by atoms with Gasteiger partial charge in [0.1, 0.15) is 17.6 Å². The number of nitrogens with zero attached hydrogens (tertiary/aromatic N) is 1. The van der Waals surface area contributed by atoms with Crippen LogP contribution in [0.1, 0.15) is 66.8 Å². The molecule has 0 spiro atoms. The Labute approximate surface area is 228 Å². The fourth-order valence-corrected chi connectivity index (χ4v) is 6.68. The van der Waals surface area contributed by atoms with E-state index in [1.54, 1.807) is 23.1 Å². The highest BCUT2D eigenvalue weighted by Crippen LogP contribution is 2.54. The molecule has 4 unspecified atom stereocenters. The number of alkyl halides is 3. The van der Waals surface area contributed by atoms with Gasteiger partial charge in [-0.25, -0.2) is 0 Å². The molecule has 5 rings (SSSR count). The zero-order valence-electron chi connectivity index (χ0n) is 20.9. The van der Waals surface area contributed by atoms with Crippen LogP contribution >= 0.6 is 11.6 Å². The van der Waals surface area contributed by atoms with Crippen molar-refractivity contribution in [2.45, 2.75) is 74.8 Å². The number of aldehydes is 1. The van der Waals surface area contributed by atoms with Crippen molar-refractivity contribution in [1.82, 2.24) is 5.32 Å². The van der Waals surface area contributed by atoms with Gasteiger partial charge in [-0.05, 0) is 73.6 Å². The summed E-state index contributed by atoms with van der Waals surface area (Å²) in [6.45, 7) is 0. The van der Waals surface area contributed by atoms with Crippen molar-refractivity contribution in [2.24, 2.45) is 5.92 Å². The van der Waals surface area contributed by atoms with Gasteiger partial charge in [-0.2, -0.15) is 0 Å². The van der Waals surface area contributed by atoms with Crippen LogP contribution in [0.25, 0.3) is 0 Å². The minimum atomic E-state index is -4.86. The third kappa shape index (κ3) is 5.12. The lowest BCUT2D eigenvalue weighted by atomic mass is 9.65. The van der Waals surface area contributed by atoms with E-state index in [-0.39, 0.29) is 30.0 Å². The Morgan fingerprint density at radius 1 is 1.08 bits per heavy atom. The number of fused-ring (bicyclic) bond motifs is 2. The largest absolute Gasteiger partial charge is 0.573 e. The molecule has 3 aliphatic rings. The molecule has 1 amide bonds. The lowest BCUT2D eigenvalue weighted by Crippen LogP contribution is -2.65. The number of amides is 1. The summed E-state index contributed by atoms with van der Waals surface area (Å²) >= 11 is 6.37. The Hall–Kier alpha value is -3.11. The average Bonchev–Trinajstić information content (AvgIpc) is 3.32. The number of carbonyl (C=O) groups excluding carboxylic acids is 2. The van der Waals surface area contributed by atoms with Gasteiger partial charge < -0.3 is 19.5 Å². The van der Waals surface area contributed by atoms with Crippen LogP contribution in [-0.2, 0) is 9.59 Å². The van der Waals surface area contributed by atoms with Crippen LogP contribution in [0.2, 0.25) is 5.02 Å². The van der Waals surface area contributed by atoms with E-state index in [1.165, 1.54) is 12.1 Å². The van der Waals surface area contributed by atoms with Crippen LogP contribution in [0.15, 0.2) is 42.5 Å². The first-order chi connectivity index (χ1) is 18.5. The predicted octanol–water partition coefficient (Wildman–Crippen LogP) is 5.71. The second kappa shape index (κ2) is 10.5. The number of carboxylic acids is 1. The molecule has 0 radical (unpaired) electrons. The van der Waals surface area contributed by atoms with Gasteiger partial charge in [0, 0.05) is 40.7 Å². The van der Waals surface area contributed by atoms with Gasteiger partial charge >= 0.3 is 12.3 Å². The molecule has 2 N–H and O–H groups in total. The van der Waals surface area contributed by atoms with Gasteiger partial charge in [0.25, 0.3) is 5.91 Å². The zero-order valence-corrected chi connectivity index (χ0v) is 21.7. The summed E-state index contributed by atoms with van der Waals surface area (Å²) in [5.41, 5.74) is -0.356. The number of rotatable bonds is 8. The number of hydrogen-bond donors (Lipinski definition) is 2. The lowest BCUT2D eigenvalue weighted by Gasteiger charge is -2.51. The highest BCUT2D eigenvalue weighted by Gasteiger charge is 2.57. The number of hydrogen-bond acceptors (Lipinski definition) is 5. The van der Waals surface area contributed by atoms with E-state index in [1.807, 2.05) is 0 Å². The van der Waals surface area contributed by atoms with Gasteiger partial charge in [0.15, 0.2) is 0 Å². The molecule has 2 aromatic carbocycles. The van der Waals surface area contributed by atoms with Crippen molar-refractivity contribution < 1.29 is 37.4 Å². The fourth-order valence-electron chi connectivity index (χ4n) is 6.51. The molecule has 11 heteroatoms. The number of aliphatic carboxylic acids is 1. The van der Waals surface area contributed by atoms with Gasteiger partial charge in [0.05, 0.1) is 0 Å². The van der Waals surface area contributed by atoms with Crippen LogP contribution < -0.4 is 15.0 Å². The van der Waals surface area contributed by atoms with E-state index in [0.717, 1.165) is 37.8 Å². The standard InChI is InChI=1S/C28H28ClF3N2O5/c29-17-9-12-21-23(15-17)34(25(36)16-7-10-19(11-8-16)39-28(30,31)32)22-6-2-5-20(22)24(21)27(13-14-35,26(37)38)33-18-3-1-4-18/h7-12,14-15,18,20,22,24,33H,1-6,13H2,(H,37,38). The van der Waals surface area contributed by atoms with Crippen molar-refractivity contribution in [1.29, 1.82) is 0 Å². The summed E-state index contributed by atoms with van der Waals surface area (Å²) in [7, 11) is 0. The topological polar surface area (TPSA) is 95.9 Å². The Balaban J connectivity index is 1.59. The molecular formula is C28H28ClF3N2O5. The Kier molecular flexibility index (Phi) is 7.37. The molecule has 2 aromatic rings. The third-order valence-corrected chi connectivity index (χ3v) is 8.55. The normalized spacial score (nSPS) is 24.2. The summed E-state index contributed by atoms with van der Waals surface area (Å²) in [6.07, 6.45) is 0.175. The van der Waals surface area contributed by atoms with Crippen molar-refractivity contribution in [3.05, 3.63) is 58.6 Å². The highest BCUT2D eigenvalue weighted by atomic mass is 35.5. The van der Waals surface area contributed by atoms with Gasteiger partial charge in [-0.3, -0.25) is 14.9 Å². The number of ether oxygens (including phenoxy) is 1. The predicted molar refractivity (Wildman–Crippen MR) is 137 cm³/mol. The monoisotopic (exact) mass is 564 g/mol. The molecule has 2 fully saturated rings. The number of nitrogens with one attached hydrogen (secondary N) is 1. The SMILES string of the molecule is O=CCC(NC1CCC1)(C(=O)O)C1c2ccc(Cl)cc2N(C(=O)c2ccc(OC(F)(F)F)cc2)C2CCCC21. The summed E-state index contributed by atoms with van der Waals surface area (Å²) in [6, 6.07) is 9.30. The maximum Gasteiger partial charge on any atom is 0.573 e. The van der Waals surface area contributed by atoms with E-state index in [4.69, 9.17) is 11.6 Å². The van der Waals surface area contributed by atoms with Crippen molar-refractivity contribution >= 4 is 35.5 Å². The Morgan fingerprint density at radius 3 is 2.36 bits per heavy atom. The minimum Gasteiger partial charge on any atom is -0.480 e. The quantitative estimate of drug-likeness (QED) is 0.399. The molecule has 1 heterocycles. The molecule has 1 aliphatic heterocycles. The van der Waals surface area contributed by atoms with Crippen LogP contribution in [0.5, 0.6) is 5.75 Å². The number of halogens is 4. The lowest BCUT2D eigenvalue weighted by molar-refractivity contribution is -0.274. The second-order valence-corrected chi connectivity index (χ2v) is 10.9. The first kappa shape index (κ1) is 27.5. The first-order valence-electron chi connectivity index (χ1n) is 13.0. The molecule has 0 bridgehead atoms. The maximum atomic E-state index is 13.9. The first-order valence-corrected chi connectivity index (χ1v) is 13.4. The van der Waals surface area contributed by atoms with Crippen molar-refractivity contribution in [2.75, 3.05) is 4.90 Å². The van der Waals surface area contributed by atoms with E-state index in [9.17, 15) is 32.7 Å². The number of anilines is 1. The number of carbonyl (C=O) groups is 3. The molecule has 2 saturated carbocycles. The Morgan fingerprint density at radius 2 is 1.77 bits per heavy atom. The summed E-state index contributed by atoms with van der Waals surface area (Å²) < 4.78 is 41.8. The molecule has 7 nitrogen and oxygen atoms in total. The molecular weight excluding hydrogens is 537 g/mol. The van der Waals surface area contributed by atoms with Crippen molar-refractivity contribution in [3.8, 4) is 5.75 Å². The van der Waals surface area contributed by atoms with E-state index in [0.29, 0.717) is 35.4 Å². The molecule has 2 aliphatic carbocycles. The summed E-state index contributed by atoms with van der Waals surface area (Å²) in [5, 5.41) is 14.3. The van der Waals surface area contributed by atoms with E-state index in [2.05, 4.69) is 10.1 Å². The maximum absolute atomic E-state index is 13.9. The second-order valence-electron chi connectivity index (χ2n) is 10.5. The highest BCUT2D eigenvalue weighted by molar-refractivity contribution is 6.31. The Bertz CT molecular complexity index is 1270. The third-order valence-electron chi connectivity index (χ3n) is 8.32. The van der Waals surface area contributed by atoms with Crippen LogP contribution in [0, 0.1) is 5.92 Å².